The van der Waals surface area contributed by atoms with Gasteiger partial charge in [-0.25, -0.2) is 0 Å². The molecule has 0 spiro atoms. The van der Waals surface area contributed by atoms with Crippen LogP contribution in [0.3, 0.4) is 0 Å². The molecule has 0 bridgehead atoms. The van der Waals surface area contributed by atoms with E-state index in [0.717, 1.165) is 23.5 Å². The van der Waals surface area contributed by atoms with Gasteiger partial charge in [-0.1, -0.05) is 23.7 Å². The van der Waals surface area contributed by atoms with E-state index in [1.54, 1.807) is 17.5 Å². The van der Waals surface area contributed by atoms with E-state index in [2.05, 4.69) is 16.4 Å². The summed E-state index contributed by atoms with van der Waals surface area (Å²) in [5.41, 5.74) is 2.30. The van der Waals surface area contributed by atoms with Gasteiger partial charge < -0.3 is 14.8 Å². The molecule has 6 heteroatoms. The topological polar surface area (TPSA) is 48.0 Å². The van der Waals surface area contributed by atoms with Crippen molar-refractivity contribution in [1.82, 2.24) is 4.98 Å². The van der Waals surface area contributed by atoms with Crippen LogP contribution in [-0.2, 0) is 19.7 Å². The maximum absolute atomic E-state index is 6.48. The molecule has 0 aliphatic carbocycles. The number of nitrogens with zero attached hydrogens (tertiary/aromatic N) is 1. The second kappa shape index (κ2) is 9.57. The summed E-state index contributed by atoms with van der Waals surface area (Å²) in [7, 11) is 0. The highest BCUT2D eigenvalue weighted by atomic mass is 35.5. The summed E-state index contributed by atoms with van der Waals surface area (Å²) in [6.07, 6.45) is 3.67. The number of quaternary nitrogens is 1. The molecule has 2 N–H and O–H groups in total. The van der Waals surface area contributed by atoms with Crippen molar-refractivity contribution in [1.29, 1.82) is 0 Å². The van der Waals surface area contributed by atoms with Crippen molar-refractivity contribution >= 4 is 22.9 Å². The SMILES string of the molecule is CCOc1cc(C[NH2+]Cc2cccnc2)cc(Cl)c1OCc1cccs1. The van der Waals surface area contributed by atoms with Crippen LogP contribution in [0.15, 0.2) is 54.2 Å². The molecular weight excluding hydrogens is 368 g/mol. The summed E-state index contributed by atoms with van der Waals surface area (Å²) in [5, 5.41) is 4.83. The van der Waals surface area contributed by atoms with Crippen molar-refractivity contribution in [3.05, 3.63) is 75.2 Å². The normalized spacial score (nSPS) is 10.7. The molecule has 0 radical (unpaired) electrons. The van der Waals surface area contributed by atoms with Gasteiger partial charge in [0.15, 0.2) is 11.5 Å². The Morgan fingerprint density at radius 1 is 1.12 bits per heavy atom. The van der Waals surface area contributed by atoms with E-state index in [0.29, 0.717) is 29.7 Å². The van der Waals surface area contributed by atoms with E-state index in [9.17, 15) is 0 Å². The van der Waals surface area contributed by atoms with Gasteiger partial charge in [-0.2, -0.15) is 0 Å². The maximum atomic E-state index is 6.48. The molecule has 0 unspecified atom stereocenters. The lowest BCUT2D eigenvalue weighted by molar-refractivity contribution is -0.686. The lowest BCUT2D eigenvalue weighted by atomic mass is 10.2. The fourth-order valence-corrected chi connectivity index (χ4v) is 3.51. The van der Waals surface area contributed by atoms with E-state index in [1.165, 1.54) is 5.56 Å². The van der Waals surface area contributed by atoms with Crippen LogP contribution >= 0.6 is 22.9 Å². The zero-order chi connectivity index (χ0) is 18.2. The molecule has 2 heterocycles. The van der Waals surface area contributed by atoms with E-state index in [1.807, 2.05) is 48.8 Å². The Morgan fingerprint density at radius 3 is 2.73 bits per heavy atom. The summed E-state index contributed by atoms with van der Waals surface area (Å²) in [6.45, 7) is 4.68. The van der Waals surface area contributed by atoms with Crippen LogP contribution in [0.25, 0.3) is 0 Å². The standard InChI is InChI=1S/C20H21ClN2O2S/c1-2-24-19-10-16(13-23-12-15-5-3-7-22-11-15)9-18(21)20(19)25-14-17-6-4-8-26-17/h3-11,23H,2,12-14H2,1H3/p+1. The lowest BCUT2D eigenvalue weighted by Crippen LogP contribution is -2.80. The van der Waals surface area contributed by atoms with Crippen LogP contribution in [0.4, 0.5) is 0 Å². The highest BCUT2D eigenvalue weighted by Crippen LogP contribution is 2.37. The van der Waals surface area contributed by atoms with Crippen molar-refractivity contribution in [2.45, 2.75) is 26.6 Å². The number of nitrogens with two attached hydrogens (primary N) is 1. The molecule has 0 aliphatic heterocycles. The molecule has 0 aliphatic rings. The molecule has 0 fully saturated rings. The Labute approximate surface area is 162 Å². The Balaban J connectivity index is 1.67. The molecule has 0 saturated carbocycles. The van der Waals surface area contributed by atoms with Gasteiger partial charge in [0, 0.05) is 28.4 Å². The average Bonchev–Trinajstić information content (AvgIpc) is 3.16. The van der Waals surface area contributed by atoms with Crippen LogP contribution in [0, 0.1) is 0 Å². The van der Waals surface area contributed by atoms with Gasteiger partial charge in [-0.3, -0.25) is 4.98 Å². The zero-order valence-corrected chi connectivity index (χ0v) is 16.2. The van der Waals surface area contributed by atoms with Crippen molar-refractivity contribution in [2.24, 2.45) is 0 Å². The first-order valence-electron chi connectivity index (χ1n) is 8.57. The number of pyridine rings is 1. The molecule has 0 atom stereocenters. The molecule has 26 heavy (non-hydrogen) atoms. The third-order valence-corrected chi connectivity index (χ3v) is 4.92. The highest BCUT2D eigenvalue weighted by Gasteiger charge is 2.14. The number of thiophene rings is 1. The number of aromatic nitrogens is 1. The first-order chi connectivity index (χ1) is 12.8. The molecule has 3 rings (SSSR count). The fourth-order valence-electron chi connectivity index (χ4n) is 2.60. The predicted octanol–water partition coefficient (Wildman–Crippen LogP) is 4.04. The van der Waals surface area contributed by atoms with E-state index >= 15 is 0 Å². The van der Waals surface area contributed by atoms with Crippen LogP contribution in [0.1, 0.15) is 22.9 Å². The quantitative estimate of drug-likeness (QED) is 0.600. The first kappa shape index (κ1) is 18.7. The summed E-state index contributed by atoms with van der Waals surface area (Å²) < 4.78 is 11.7. The van der Waals surface area contributed by atoms with Gasteiger partial charge in [-0.05, 0) is 36.6 Å². The summed E-state index contributed by atoms with van der Waals surface area (Å²) in [5.74, 6) is 1.30. The van der Waals surface area contributed by atoms with Crippen molar-refractivity contribution in [3.63, 3.8) is 0 Å². The van der Waals surface area contributed by atoms with Crippen molar-refractivity contribution in [3.8, 4) is 11.5 Å². The Hall–Kier alpha value is -2.08. The lowest BCUT2D eigenvalue weighted by Gasteiger charge is -2.14. The van der Waals surface area contributed by atoms with Crippen LogP contribution in [-0.4, -0.2) is 11.6 Å². The third kappa shape index (κ3) is 5.21. The van der Waals surface area contributed by atoms with Gasteiger partial charge in [0.1, 0.15) is 19.7 Å². The summed E-state index contributed by atoms with van der Waals surface area (Å²) in [4.78, 5) is 5.29. The van der Waals surface area contributed by atoms with E-state index in [-0.39, 0.29) is 0 Å². The highest BCUT2D eigenvalue weighted by molar-refractivity contribution is 7.09. The van der Waals surface area contributed by atoms with Gasteiger partial charge in [0.05, 0.1) is 11.6 Å². The summed E-state index contributed by atoms with van der Waals surface area (Å²) >= 11 is 8.14. The molecule has 3 aromatic rings. The number of benzene rings is 1. The fraction of sp³-hybridized carbons (Fsp3) is 0.250. The molecule has 2 aromatic heterocycles. The smallest absolute Gasteiger partial charge is 0.180 e. The predicted molar refractivity (Wildman–Crippen MR) is 105 cm³/mol. The van der Waals surface area contributed by atoms with Crippen molar-refractivity contribution < 1.29 is 14.8 Å². The van der Waals surface area contributed by atoms with Gasteiger partial charge in [-0.15, -0.1) is 11.3 Å². The third-order valence-electron chi connectivity index (χ3n) is 3.79. The zero-order valence-electron chi connectivity index (χ0n) is 14.7. The minimum Gasteiger partial charge on any atom is -0.490 e. The maximum Gasteiger partial charge on any atom is 0.180 e. The van der Waals surface area contributed by atoms with E-state index < -0.39 is 0 Å². The van der Waals surface area contributed by atoms with Crippen LogP contribution in [0.5, 0.6) is 11.5 Å². The van der Waals surface area contributed by atoms with Gasteiger partial charge >= 0.3 is 0 Å². The van der Waals surface area contributed by atoms with Gasteiger partial charge in [0.25, 0.3) is 0 Å². The number of hydrogen-bond donors (Lipinski definition) is 1. The number of halogens is 1. The van der Waals surface area contributed by atoms with Crippen molar-refractivity contribution in [2.75, 3.05) is 6.61 Å². The number of hydrogen-bond acceptors (Lipinski definition) is 4. The number of rotatable bonds is 9. The second-order valence-corrected chi connectivity index (χ2v) is 7.20. The minimum absolute atomic E-state index is 0.490. The molecule has 4 nitrogen and oxygen atoms in total. The largest absolute Gasteiger partial charge is 0.490 e. The first-order valence-corrected chi connectivity index (χ1v) is 9.83. The average molecular weight is 390 g/mol. The molecule has 0 saturated heterocycles. The minimum atomic E-state index is 0.490. The Bertz CT molecular complexity index is 810. The summed E-state index contributed by atoms with van der Waals surface area (Å²) in [6, 6.07) is 12.0. The monoisotopic (exact) mass is 389 g/mol. The Morgan fingerprint density at radius 2 is 2.00 bits per heavy atom. The molecule has 1 aromatic carbocycles. The number of ether oxygens (including phenoxy) is 2. The van der Waals surface area contributed by atoms with E-state index in [4.69, 9.17) is 21.1 Å². The molecular formula is C20H22ClN2O2S+. The Kier molecular flexibility index (Phi) is 6.89. The van der Waals surface area contributed by atoms with Crippen LogP contribution in [0.2, 0.25) is 5.02 Å². The molecule has 136 valence electrons. The van der Waals surface area contributed by atoms with Crippen LogP contribution < -0.4 is 14.8 Å². The molecule has 0 amide bonds. The second-order valence-electron chi connectivity index (χ2n) is 5.76. The van der Waals surface area contributed by atoms with Gasteiger partial charge in [0.2, 0.25) is 0 Å².